The highest BCUT2D eigenvalue weighted by Gasteiger charge is 2.34. The van der Waals surface area contributed by atoms with Gasteiger partial charge in [0.1, 0.15) is 0 Å². The smallest absolute Gasteiger partial charge is 0.222 e. The van der Waals surface area contributed by atoms with Gasteiger partial charge in [-0.2, -0.15) is 0 Å². The first-order valence-electron chi connectivity index (χ1n) is 7.19. The lowest BCUT2D eigenvalue weighted by molar-refractivity contribution is -0.133. The lowest BCUT2D eigenvalue weighted by atomic mass is 9.76. The molecule has 1 aromatic rings. The first-order chi connectivity index (χ1) is 9.15. The highest BCUT2D eigenvalue weighted by atomic mass is 35.5. The number of carbonyl (C=O) groups excluding carboxylic acids is 1. The van der Waals surface area contributed by atoms with Gasteiger partial charge in [0.05, 0.1) is 0 Å². The number of nitrogens with zero attached hydrogens (tertiary/aromatic N) is 1. The highest BCUT2D eigenvalue weighted by Crippen LogP contribution is 2.33. The normalized spacial score (nSPS) is 22.2. The first kappa shape index (κ1) is 17.0. The van der Waals surface area contributed by atoms with Crippen LogP contribution in [-0.4, -0.2) is 30.4 Å². The van der Waals surface area contributed by atoms with E-state index < -0.39 is 0 Å². The summed E-state index contributed by atoms with van der Waals surface area (Å²) in [5.74, 6) is 0.257. The second kappa shape index (κ2) is 7.65. The Hall–Kier alpha value is -1.06. The molecule has 0 bridgehead atoms. The largest absolute Gasteiger partial charge is 0.342 e. The molecule has 1 amide bonds. The number of hydrogen-bond acceptors (Lipinski definition) is 2. The molecule has 112 valence electrons. The summed E-state index contributed by atoms with van der Waals surface area (Å²) in [5.41, 5.74) is 6.91. The minimum Gasteiger partial charge on any atom is -0.342 e. The summed E-state index contributed by atoms with van der Waals surface area (Å²) >= 11 is 0. The molecule has 0 radical (unpaired) electrons. The van der Waals surface area contributed by atoms with Crippen LogP contribution in [-0.2, 0) is 10.2 Å². The lowest BCUT2D eigenvalue weighted by Crippen LogP contribution is -2.47. The number of rotatable bonds is 4. The fraction of sp³-hybridized carbons (Fsp3) is 0.562. The van der Waals surface area contributed by atoms with Crippen LogP contribution in [0.15, 0.2) is 30.3 Å². The predicted molar refractivity (Wildman–Crippen MR) is 85.1 cm³/mol. The Bertz CT molecular complexity index is 424. The van der Waals surface area contributed by atoms with Gasteiger partial charge >= 0.3 is 0 Å². The van der Waals surface area contributed by atoms with Crippen molar-refractivity contribution in [2.75, 3.05) is 19.6 Å². The number of piperidine rings is 1. The summed E-state index contributed by atoms with van der Waals surface area (Å²) in [6, 6.07) is 10.5. The number of likely N-dealkylation sites (tertiary alicyclic amines) is 1. The van der Waals surface area contributed by atoms with Crippen molar-refractivity contribution in [3.8, 4) is 0 Å². The van der Waals surface area contributed by atoms with Gasteiger partial charge < -0.3 is 10.6 Å². The Kier molecular flexibility index (Phi) is 6.50. The average Bonchev–Trinajstić information content (AvgIpc) is 2.46. The average molecular weight is 297 g/mol. The van der Waals surface area contributed by atoms with E-state index in [1.807, 2.05) is 11.0 Å². The molecule has 20 heavy (non-hydrogen) atoms. The van der Waals surface area contributed by atoms with E-state index >= 15 is 0 Å². The monoisotopic (exact) mass is 296 g/mol. The number of nitrogens with two attached hydrogens (primary N) is 1. The molecular weight excluding hydrogens is 272 g/mol. The quantitative estimate of drug-likeness (QED) is 0.928. The maximum Gasteiger partial charge on any atom is 0.222 e. The van der Waals surface area contributed by atoms with E-state index in [1.165, 1.54) is 5.56 Å². The van der Waals surface area contributed by atoms with Crippen molar-refractivity contribution < 1.29 is 4.79 Å². The van der Waals surface area contributed by atoms with Gasteiger partial charge in [0.25, 0.3) is 0 Å². The number of hydrogen-bond donors (Lipinski definition) is 1. The molecule has 0 aliphatic carbocycles. The SMILES string of the molecule is CC1(c2ccccc2)CCCN(C(=O)CCCN)C1.Cl. The lowest BCUT2D eigenvalue weighted by Gasteiger charge is -2.41. The zero-order valence-corrected chi connectivity index (χ0v) is 13.0. The van der Waals surface area contributed by atoms with Crippen LogP contribution in [0.1, 0.15) is 38.2 Å². The Morgan fingerprint density at radius 3 is 2.70 bits per heavy atom. The van der Waals surface area contributed by atoms with Gasteiger partial charge in [0.2, 0.25) is 5.91 Å². The number of benzene rings is 1. The maximum atomic E-state index is 12.1. The molecule has 1 unspecified atom stereocenters. The number of carbonyl (C=O) groups is 1. The van der Waals surface area contributed by atoms with E-state index in [-0.39, 0.29) is 23.7 Å². The van der Waals surface area contributed by atoms with E-state index in [0.29, 0.717) is 13.0 Å². The minimum absolute atomic E-state index is 0. The second-order valence-electron chi connectivity index (χ2n) is 5.74. The molecule has 1 heterocycles. The number of halogens is 1. The molecule has 3 nitrogen and oxygen atoms in total. The fourth-order valence-electron chi connectivity index (χ4n) is 2.94. The third-order valence-electron chi connectivity index (χ3n) is 4.11. The zero-order valence-electron chi connectivity index (χ0n) is 12.2. The second-order valence-corrected chi connectivity index (χ2v) is 5.74. The van der Waals surface area contributed by atoms with Gasteiger partial charge in [0.15, 0.2) is 0 Å². The summed E-state index contributed by atoms with van der Waals surface area (Å²) in [6.45, 7) is 4.59. The molecule has 2 N–H and O–H groups in total. The van der Waals surface area contributed by atoms with E-state index in [1.54, 1.807) is 0 Å². The van der Waals surface area contributed by atoms with E-state index in [4.69, 9.17) is 5.73 Å². The van der Waals surface area contributed by atoms with E-state index in [9.17, 15) is 4.79 Å². The van der Waals surface area contributed by atoms with Gasteiger partial charge in [-0.05, 0) is 31.4 Å². The summed E-state index contributed by atoms with van der Waals surface area (Å²) < 4.78 is 0. The summed E-state index contributed by atoms with van der Waals surface area (Å²) in [4.78, 5) is 14.2. The van der Waals surface area contributed by atoms with Crippen LogP contribution in [0.2, 0.25) is 0 Å². The molecule has 1 saturated heterocycles. The van der Waals surface area contributed by atoms with Crippen LogP contribution in [0.4, 0.5) is 0 Å². The van der Waals surface area contributed by atoms with Crippen LogP contribution in [0.25, 0.3) is 0 Å². The van der Waals surface area contributed by atoms with Crippen molar-refractivity contribution in [3.63, 3.8) is 0 Å². The van der Waals surface area contributed by atoms with Gasteiger partial charge in [-0.25, -0.2) is 0 Å². The molecule has 1 aliphatic rings. The minimum atomic E-state index is 0. The van der Waals surface area contributed by atoms with Gasteiger partial charge in [-0.3, -0.25) is 4.79 Å². The molecule has 4 heteroatoms. The van der Waals surface area contributed by atoms with Crippen molar-refractivity contribution >= 4 is 18.3 Å². The summed E-state index contributed by atoms with van der Waals surface area (Å²) in [5, 5.41) is 0. The van der Waals surface area contributed by atoms with Crippen molar-refractivity contribution in [1.29, 1.82) is 0 Å². The van der Waals surface area contributed by atoms with Crippen molar-refractivity contribution in [2.24, 2.45) is 5.73 Å². The van der Waals surface area contributed by atoms with Gasteiger partial charge in [-0.15, -0.1) is 12.4 Å². The molecule has 0 aromatic heterocycles. The number of amides is 1. The van der Waals surface area contributed by atoms with Crippen LogP contribution in [0.3, 0.4) is 0 Å². The molecule has 1 fully saturated rings. The standard InChI is InChI=1S/C16H24N2O.ClH/c1-16(14-7-3-2-4-8-14)10-6-12-18(13-16)15(19)9-5-11-17;/h2-4,7-8H,5-6,9-13,17H2,1H3;1H. The van der Waals surface area contributed by atoms with E-state index in [0.717, 1.165) is 32.4 Å². The van der Waals surface area contributed by atoms with E-state index in [2.05, 4.69) is 31.2 Å². The third-order valence-corrected chi connectivity index (χ3v) is 4.11. The molecule has 1 atom stereocenters. The van der Waals surface area contributed by atoms with Crippen LogP contribution in [0, 0.1) is 0 Å². The van der Waals surface area contributed by atoms with Gasteiger partial charge in [0, 0.05) is 24.9 Å². The Morgan fingerprint density at radius 2 is 2.05 bits per heavy atom. The Labute approximate surface area is 127 Å². The highest BCUT2D eigenvalue weighted by molar-refractivity contribution is 5.85. The molecule has 1 aromatic carbocycles. The fourth-order valence-corrected chi connectivity index (χ4v) is 2.94. The Morgan fingerprint density at radius 1 is 1.35 bits per heavy atom. The van der Waals surface area contributed by atoms with Crippen molar-refractivity contribution in [1.82, 2.24) is 4.90 Å². The zero-order chi connectivity index (χ0) is 13.7. The molecule has 1 aliphatic heterocycles. The third kappa shape index (κ3) is 3.97. The predicted octanol–water partition coefficient (Wildman–Crippen LogP) is 2.73. The molecular formula is C16H25ClN2O. The molecule has 0 saturated carbocycles. The Balaban J connectivity index is 0.00000200. The maximum absolute atomic E-state index is 12.1. The molecule has 0 spiro atoms. The van der Waals surface area contributed by atoms with Crippen LogP contribution in [0.5, 0.6) is 0 Å². The van der Waals surface area contributed by atoms with Crippen LogP contribution >= 0.6 is 12.4 Å². The van der Waals surface area contributed by atoms with Gasteiger partial charge in [-0.1, -0.05) is 37.3 Å². The topological polar surface area (TPSA) is 46.3 Å². The van der Waals surface area contributed by atoms with Crippen molar-refractivity contribution in [3.05, 3.63) is 35.9 Å². The first-order valence-corrected chi connectivity index (χ1v) is 7.19. The summed E-state index contributed by atoms with van der Waals surface area (Å²) in [6.07, 6.45) is 3.61. The van der Waals surface area contributed by atoms with Crippen molar-refractivity contribution in [2.45, 2.75) is 38.0 Å². The van der Waals surface area contributed by atoms with Crippen LogP contribution < -0.4 is 5.73 Å². The molecule has 2 rings (SSSR count). The summed E-state index contributed by atoms with van der Waals surface area (Å²) in [7, 11) is 0.